The van der Waals surface area contributed by atoms with E-state index in [2.05, 4.69) is 30.7 Å². The molecule has 7 heteroatoms. The standard InChI is InChI=1S/C18H24N4O3/c1-18(2,3)13-9-10(7-8-22(13)17(24)25)16-20-12-6-4-5-11(15(19)23)14(12)21-16/h4-6,10,13H,7-9H2,1-3H3,(H2,19,23)(H,20,21)(H,24,25). The molecule has 7 nitrogen and oxygen atoms in total. The minimum absolute atomic E-state index is 0.0902. The van der Waals surface area contributed by atoms with Crippen LogP contribution < -0.4 is 5.73 Å². The molecule has 2 unspecified atom stereocenters. The van der Waals surface area contributed by atoms with Gasteiger partial charge in [0.2, 0.25) is 0 Å². The number of rotatable bonds is 2. The number of nitrogens with two attached hydrogens (primary N) is 1. The van der Waals surface area contributed by atoms with Crippen LogP contribution in [0.4, 0.5) is 4.79 Å². The maximum atomic E-state index is 11.6. The minimum Gasteiger partial charge on any atom is -0.465 e. The van der Waals surface area contributed by atoms with Crippen LogP contribution in [-0.2, 0) is 0 Å². The summed E-state index contributed by atoms with van der Waals surface area (Å²) in [4.78, 5) is 32.6. The summed E-state index contributed by atoms with van der Waals surface area (Å²) in [6.45, 7) is 6.64. The molecule has 2 amide bonds. The monoisotopic (exact) mass is 344 g/mol. The molecule has 1 fully saturated rings. The van der Waals surface area contributed by atoms with Gasteiger partial charge < -0.3 is 20.7 Å². The van der Waals surface area contributed by atoms with Crippen molar-refractivity contribution in [3.05, 3.63) is 29.6 Å². The van der Waals surface area contributed by atoms with E-state index >= 15 is 0 Å². The number of hydrogen-bond acceptors (Lipinski definition) is 3. The first-order valence-electron chi connectivity index (χ1n) is 8.46. The predicted octanol–water partition coefficient (Wildman–Crippen LogP) is 2.93. The van der Waals surface area contributed by atoms with Crippen molar-refractivity contribution in [1.29, 1.82) is 0 Å². The first-order chi connectivity index (χ1) is 11.7. The Kier molecular flexibility index (Phi) is 4.18. The van der Waals surface area contributed by atoms with Gasteiger partial charge in [0, 0.05) is 18.5 Å². The highest BCUT2D eigenvalue weighted by molar-refractivity contribution is 6.04. The number of nitrogens with zero attached hydrogens (tertiary/aromatic N) is 2. The molecule has 0 radical (unpaired) electrons. The number of para-hydroxylation sites is 1. The Labute approximate surface area is 146 Å². The van der Waals surface area contributed by atoms with E-state index in [4.69, 9.17) is 5.73 Å². The summed E-state index contributed by atoms with van der Waals surface area (Å²) in [5, 5.41) is 9.49. The van der Waals surface area contributed by atoms with E-state index in [0.29, 0.717) is 30.5 Å². The molecule has 2 atom stereocenters. The Balaban J connectivity index is 1.95. The smallest absolute Gasteiger partial charge is 0.407 e. The number of benzene rings is 1. The Morgan fingerprint density at radius 1 is 1.36 bits per heavy atom. The number of amides is 2. The molecule has 0 aliphatic carbocycles. The highest BCUT2D eigenvalue weighted by atomic mass is 16.4. The Hall–Kier alpha value is -2.57. The topological polar surface area (TPSA) is 112 Å². The summed E-state index contributed by atoms with van der Waals surface area (Å²) in [5.41, 5.74) is 7.03. The Bertz CT molecular complexity index is 821. The lowest BCUT2D eigenvalue weighted by Crippen LogP contribution is -2.51. The fourth-order valence-electron chi connectivity index (χ4n) is 3.71. The largest absolute Gasteiger partial charge is 0.465 e. The quantitative estimate of drug-likeness (QED) is 0.777. The summed E-state index contributed by atoms with van der Waals surface area (Å²) in [7, 11) is 0. The number of H-pyrrole nitrogens is 1. The second kappa shape index (κ2) is 6.06. The van der Waals surface area contributed by atoms with Crippen LogP contribution in [0.15, 0.2) is 18.2 Å². The molecule has 4 N–H and O–H groups in total. The molecule has 0 bridgehead atoms. The lowest BCUT2D eigenvalue weighted by atomic mass is 9.77. The van der Waals surface area contributed by atoms with Crippen molar-refractivity contribution in [1.82, 2.24) is 14.9 Å². The molecule has 2 heterocycles. The average Bonchev–Trinajstić information content (AvgIpc) is 2.97. The van der Waals surface area contributed by atoms with E-state index < -0.39 is 12.0 Å². The molecular formula is C18H24N4O3. The Morgan fingerprint density at radius 2 is 2.08 bits per heavy atom. The van der Waals surface area contributed by atoms with E-state index in [0.717, 1.165) is 11.3 Å². The number of likely N-dealkylation sites (tertiary alicyclic amines) is 1. The van der Waals surface area contributed by atoms with Crippen molar-refractivity contribution in [2.45, 2.75) is 45.6 Å². The molecule has 1 saturated heterocycles. The van der Waals surface area contributed by atoms with E-state index in [1.165, 1.54) is 4.90 Å². The van der Waals surface area contributed by atoms with Crippen LogP contribution in [0.1, 0.15) is 55.7 Å². The number of nitrogens with one attached hydrogen (secondary N) is 1. The van der Waals surface area contributed by atoms with Crippen LogP contribution in [0, 0.1) is 5.41 Å². The number of piperidine rings is 1. The second-order valence-corrected chi connectivity index (χ2v) is 7.77. The first kappa shape index (κ1) is 17.3. The van der Waals surface area contributed by atoms with Crippen LogP contribution in [0.25, 0.3) is 11.0 Å². The van der Waals surface area contributed by atoms with Gasteiger partial charge in [-0.1, -0.05) is 26.8 Å². The van der Waals surface area contributed by atoms with Crippen molar-refractivity contribution in [3.8, 4) is 0 Å². The fraction of sp³-hybridized carbons (Fsp3) is 0.500. The van der Waals surface area contributed by atoms with Crippen molar-refractivity contribution in [2.75, 3.05) is 6.54 Å². The SMILES string of the molecule is CC(C)(C)C1CC(c2nc3c(C(N)=O)cccc3[nH]2)CCN1C(=O)O. The van der Waals surface area contributed by atoms with Crippen LogP contribution >= 0.6 is 0 Å². The third-order valence-electron chi connectivity index (χ3n) is 5.03. The zero-order valence-corrected chi connectivity index (χ0v) is 14.7. The molecule has 1 aliphatic heterocycles. The summed E-state index contributed by atoms with van der Waals surface area (Å²) < 4.78 is 0. The van der Waals surface area contributed by atoms with Crippen molar-refractivity contribution in [3.63, 3.8) is 0 Å². The number of aromatic amines is 1. The van der Waals surface area contributed by atoms with Crippen molar-refractivity contribution < 1.29 is 14.7 Å². The molecule has 0 spiro atoms. The van der Waals surface area contributed by atoms with Gasteiger partial charge in [0.15, 0.2) is 0 Å². The number of hydrogen-bond donors (Lipinski definition) is 3. The lowest BCUT2D eigenvalue weighted by molar-refractivity contribution is 0.0517. The maximum Gasteiger partial charge on any atom is 0.407 e. The number of fused-ring (bicyclic) bond motifs is 1. The van der Waals surface area contributed by atoms with Gasteiger partial charge in [0.25, 0.3) is 5.91 Å². The van der Waals surface area contributed by atoms with Crippen LogP contribution in [0.2, 0.25) is 0 Å². The van der Waals surface area contributed by atoms with Crippen LogP contribution in [-0.4, -0.2) is 44.6 Å². The molecule has 1 aromatic heterocycles. The van der Waals surface area contributed by atoms with E-state index in [9.17, 15) is 14.7 Å². The number of carbonyl (C=O) groups excluding carboxylic acids is 1. The summed E-state index contributed by atoms with van der Waals surface area (Å²) in [5.74, 6) is 0.410. The molecule has 1 aromatic carbocycles. The first-order valence-corrected chi connectivity index (χ1v) is 8.46. The third kappa shape index (κ3) is 3.18. The normalized spacial score (nSPS) is 21.5. The van der Waals surface area contributed by atoms with E-state index in [-0.39, 0.29) is 17.4 Å². The predicted molar refractivity (Wildman–Crippen MR) is 94.6 cm³/mol. The number of aromatic nitrogens is 2. The van der Waals surface area contributed by atoms with E-state index in [1.807, 2.05) is 6.07 Å². The van der Waals surface area contributed by atoms with Gasteiger partial charge in [-0.3, -0.25) is 4.79 Å². The summed E-state index contributed by atoms with van der Waals surface area (Å²) >= 11 is 0. The molecule has 25 heavy (non-hydrogen) atoms. The highest BCUT2D eigenvalue weighted by Crippen LogP contribution is 2.38. The molecule has 0 saturated carbocycles. The minimum atomic E-state index is -0.876. The van der Waals surface area contributed by atoms with Crippen molar-refractivity contribution in [2.24, 2.45) is 11.1 Å². The number of primary amides is 1. The van der Waals surface area contributed by atoms with Crippen LogP contribution in [0.3, 0.4) is 0 Å². The summed E-state index contributed by atoms with van der Waals surface area (Å²) in [6, 6.07) is 5.22. The number of imidazole rings is 1. The van der Waals surface area contributed by atoms with Gasteiger partial charge in [0.05, 0.1) is 11.1 Å². The maximum absolute atomic E-state index is 11.6. The summed E-state index contributed by atoms with van der Waals surface area (Å²) in [6.07, 6.45) is 0.519. The van der Waals surface area contributed by atoms with E-state index in [1.54, 1.807) is 12.1 Å². The molecule has 1 aliphatic rings. The second-order valence-electron chi connectivity index (χ2n) is 7.77. The molecule has 2 aromatic rings. The molecule has 134 valence electrons. The zero-order valence-electron chi connectivity index (χ0n) is 14.7. The zero-order chi connectivity index (χ0) is 18.4. The van der Waals surface area contributed by atoms with Gasteiger partial charge >= 0.3 is 6.09 Å². The average molecular weight is 344 g/mol. The molecular weight excluding hydrogens is 320 g/mol. The Morgan fingerprint density at radius 3 is 2.68 bits per heavy atom. The lowest BCUT2D eigenvalue weighted by Gasteiger charge is -2.44. The highest BCUT2D eigenvalue weighted by Gasteiger charge is 2.39. The molecule has 3 rings (SSSR count). The van der Waals surface area contributed by atoms with Gasteiger partial charge in [0.1, 0.15) is 11.3 Å². The third-order valence-corrected chi connectivity index (χ3v) is 5.03. The van der Waals surface area contributed by atoms with Gasteiger partial charge in [-0.05, 0) is 30.4 Å². The van der Waals surface area contributed by atoms with Crippen LogP contribution in [0.5, 0.6) is 0 Å². The number of carboxylic acid groups (broad SMARTS) is 1. The van der Waals surface area contributed by atoms with Gasteiger partial charge in [-0.15, -0.1) is 0 Å². The van der Waals surface area contributed by atoms with Gasteiger partial charge in [-0.25, -0.2) is 9.78 Å². The fourth-order valence-corrected chi connectivity index (χ4v) is 3.71. The van der Waals surface area contributed by atoms with Gasteiger partial charge in [-0.2, -0.15) is 0 Å². The number of carbonyl (C=O) groups is 2. The van der Waals surface area contributed by atoms with Crippen molar-refractivity contribution >= 4 is 23.0 Å².